The Bertz CT molecular complexity index is 413. The van der Waals surface area contributed by atoms with Gasteiger partial charge in [0.2, 0.25) is 5.91 Å². The number of carbonyl (C=O) groups is 1. The molecule has 18 heavy (non-hydrogen) atoms. The number of hydrogen-bond acceptors (Lipinski definition) is 4. The maximum atomic E-state index is 11.7. The van der Waals surface area contributed by atoms with Crippen LogP contribution in [0.3, 0.4) is 0 Å². The average molecular weight is 276 g/mol. The van der Waals surface area contributed by atoms with E-state index in [1.165, 1.54) is 26.0 Å². The number of amides is 1. The summed E-state index contributed by atoms with van der Waals surface area (Å²) in [5, 5.41) is 8.40. The molecule has 0 aliphatic carbocycles. The molecule has 0 heterocycles. The Morgan fingerprint density at radius 2 is 1.72 bits per heavy atom. The number of rotatable bonds is 7. The minimum absolute atomic E-state index is 0.103. The van der Waals surface area contributed by atoms with E-state index in [-0.39, 0.29) is 25.3 Å². The van der Waals surface area contributed by atoms with E-state index in [1.54, 1.807) is 7.05 Å². The molecule has 0 rings (SSSR count). The van der Waals surface area contributed by atoms with Gasteiger partial charge in [0, 0.05) is 47.7 Å². The molecule has 0 radical (unpaired) electrons. The van der Waals surface area contributed by atoms with Gasteiger partial charge in [0.15, 0.2) is 0 Å². The van der Waals surface area contributed by atoms with Gasteiger partial charge in [0.25, 0.3) is 10.2 Å². The van der Waals surface area contributed by atoms with E-state index in [0.29, 0.717) is 6.54 Å². The second-order valence-corrected chi connectivity index (χ2v) is 6.33. The molecule has 8 heteroatoms. The van der Waals surface area contributed by atoms with Crippen LogP contribution in [0.1, 0.15) is 12.8 Å². The molecule has 0 aromatic carbocycles. The fourth-order valence-corrected chi connectivity index (χ4v) is 2.06. The van der Waals surface area contributed by atoms with Crippen LogP contribution in [0.25, 0.3) is 0 Å². The number of nitrogens with zero attached hydrogens (tertiary/aromatic N) is 4. The molecular formula is C10H20N4O3S. The lowest BCUT2D eigenvalue weighted by atomic mass is 10.3. The normalized spacial score (nSPS) is 11.6. The van der Waals surface area contributed by atoms with E-state index in [1.807, 2.05) is 6.07 Å². The minimum Gasteiger partial charge on any atom is -0.345 e. The highest BCUT2D eigenvalue weighted by Gasteiger charge is 2.21. The summed E-state index contributed by atoms with van der Waals surface area (Å²) < 4.78 is 25.6. The Hall–Kier alpha value is -1.17. The summed E-state index contributed by atoms with van der Waals surface area (Å²) in [5.74, 6) is -0.175. The first-order chi connectivity index (χ1) is 8.23. The molecule has 104 valence electrons. The second-order valence-electron chi connectivity index (χ2n) is 4.09. The van der Waals surface area contributed by atoms with Crippen LogP contribution in [0.4, 0.5) is 0 Å². The predicted octanol–water partition coefficient (Wildman–Crippen LogP) is -0.513. The summed E-state index contributed by atoms with van der Waals surface area (Å²) in [6, 6.07) is 1.95. The van der Waals surface area contributed by atoms with E-state index in [2.05, 4.69) is 0 Å². The van der Waals surface area contributed by atoms with Gasteiger partial charge < -0.3 is 4.90 Å². The van der Waals surface area contributed by atoms with Crippen LogP contribution in [0, 0.1) is 11.3 Å². The lowest BCUT2D eigenvalue weighted by Crippen LogP contribution is -2.39. The molecule has 0 aliphatic rings. The first-order valence-corrected chi connectivity index (χ1v) is 6.88. The summed E-state index contributed by atoms with van der Waals surface area (Å²) in [7, 11) is 2.43. The van der Waals surface area contributed by atoms with Crippen molar-refractivity contribution >= 4 is 16.1 Å². The second kappa shape index (κ2) is 7.31. The Kier molecular flexibility index (Phi) is 6.83. The zero-order valence-corrected chi connectivity index (χ0v) is 12.1. The maximum Gasteiger partial charge on any atom is 0.281 e. The highest BCUT2D eigenvalue weighted by molar-refractivity contribution is 7.86. The first-order valence-electron chi connectivity index (χ1n) is 5.48. The fraction of sp³-hybridized carbons (Fsp3) is 0.800. The minimum atomic E-state index is -3.47. The zero-order valence-electron chi connectivity index (χ0n) is 11.3. The van der Waals surface area contributed by atoms with Gasteiger partial charge in [-0.25, -0.2) is 0 Å². The van der Waals surface area contributed by atoms with E-state index in [4.69, 9.17) is 5.26 Å². The topological polar surface area (TPSA) is 84.7 Å². The molecule has 0 atom stereocenters. The van der Waals surface area contributed by atoms with Crippen molar-refractivity contribution in [2.45, 2.75) is 12.8 Å². The molecule has 0 unspecified atom stereocenters. The maximum absolute atomic E-state index is 11.7. The molecule has 0 bridgehead atoms. The molecule has 0 spiro atoms. The van der Waals surface area contributed by atoms with Crippen LogP contribution >= 0.6 is 0 Å². The molecule has 0 saturated heterocycles. The van der Waals surface area contributed by atoms with Gasteiger partial charge in [-0.2, -0.15) is 22.3 Å². The Morgan fingerprint density at radius 1 is 1.17 bits per heavy atom. The van der Waals surface area contributed by atoms with E-state index < -0.39 is 10.2 Å². The molecule has 0 aromatic heterocycles. The van der Waals surface area contributed by atoms with Gasteiger partial charge >= 0.3 is 0 Å². The Balaban J connectivity index is 4.26. The van der Waals surface area contributed by atoms with E-state index in [9.17, 15) is 13.2 Å². The summed E-state index contributed by atoms with van der Waals surface area (Å²) in [5.41, 5.74) is 0. The van der Waals surface area contributed by atoms with E-state index >= 15 is 0 Å². The Morgan fingerprint density at radius 3 is 2.17 bits per heavy atom. The van der Waals surface area contributed by atoms with Crippen LogP contribution in [-0.4, -0.2) is 69.1 Å². The molecule has 7 nitrogen and oxygen atoms in total. The van der Waals surface area contributed by atoms with Crippen LogP contribution in [0.15, 0.2) is 0 Å². The van der Waals surface area contributed by atoms with Gasteiger partial charge in [0.1, 0.15) is 0 Å². The van der Waals surface area contributed by atoms with Crippen molar-refractivity contribution < 1.29 is 13.2 Å². The summed E-state index contributed by atoms with van der Waals surface area (Å²) in [6.07, 6.45) is 0.375. The quantitative estimate of drug-likeness (QED) is 0.626. The molecule has 0 fully saturated rings. The van der Waals surface area contributed by atoms with Crippen molar-refractivity contribution in [3.63, 3.8) is 0 Å². The molecule has 0 aliphatic heterocycles. The van der Waals surface area contributed by atoms with Crippen molar-refractivity contribution in [3.05, 3.63) is 0 Å². The summed E-state index contributed by atoms with van der Waals surface area (Å²) in [4.78, 5) is 13.1. The Labute approximate surface area is 109 Å². The van der Waals surface area contributed by atoms with Crippen molar-refractivity contribution in [1.29, 1.82) is 5.26 Å². The van der Waals surface area contributed by atoms with Crippen molar-refractivity contribution in [3.8, 4) is 6.07 Å². The smallest absolute Gasteiger partial charge is 0.281 e. The zero-order chi connectivity index (χ0) is 14.3. The average Bonchev–Trinajstić information content (AvgIpc) is 2.31. The van der Waals surface area contributed by atoms with Crippen LogP contribution < -0.4 is 0 Å². The molecular weight excluding hydrogens is 256 g/mol. The third-order valence-electron chi connectivity index (χ3n) is 2.48. The summed E-state index contributed by atoms with van der Waals surface area (Å²) in [6.45, 7) is 0.482. The third kappa shape index (κ3) is 5.00. The van der Waals surface area contributed by atoms with Crippen LogP contribution in [-0.2, 0) is 15.0 Å². The largest absolute Gasteiger partial charge is 0.345 e. The van der Waals surface area contributed by atoms with Gasteiger partial charge in [-0.3, -0.25) is 4.79 Å². The predicted molar refractivity (Wildman–Crippen MR) is 67.7 cm³/mol. The van der Waals surface area contributed by atoms with Gasteiger partial charge in [-0.05, 0) is 0 Å². The van der Waals surface area contributed by atoms with Crippen molar-refractivity contribution in [2.75, 3.05) is 41.3 Å². The first kappa shape index (κ1) is 16.8. The number of hydrogen-bond donors (Lipinski definition) is 0. The molecule has 1 amide bonds. The van der Waals surface area contributed by atoms with Gasteiger partial charge in [0.05, 0.1) is 12.5 Å². The lowest BCUT2D eigenvalue weighted by Gasteiger charge is -2.22. The molecule has 0 aromatic rings. The SMILES string of the molecule is CN(CCC#N)C(=O)CCN(C)S(=O)(=O)N(C)C. The highest BCUT2D eigenvalue weighted by Crippen LogP contribution is 2.03. The number of nitriles is 1. The third-order valence-corrected chi connectivity index (χ3v) is 4.37. The van der Waals surface area contributed by atoms with Crippen molar-refractivity contribution in [2.24, 2.45) is 0 Å². The molecule has 0 saturated carbocycles. The standard InChI is InChI=1S/C10H20N4O3S/c1-12(2)18(16,17)14(4)9-6-10(15)13(3)8-5-7-11/h5-6,8-9H2,1-4H3. The van der Waals surface area contributed by atoms with Crippen LogP contribution in [0.2, 0.25) is 0 Å². The summed E-state index contributed by atoms with van der Waals surface area (Å²) >= 11 is 0. The highest BCUT2D eigenvalue weighted by atomic mass is 32.2. The van der Waals surface area contributed by atoms with Gasteiger partial charge in [-0.15, -0.1) is 0 Å². The van der Waals surface area contributed by atoms with Crippen molar-refractivity contribution in [1.82, 2.24) is 13.5 Å². The lowest BCUT2D eigenvalue weighted by molar-refractivity contribution is -0.129. The molecule has 0 N–H and O–H groups in total. The van der Waals surface area contributed by atoms with E-state index in [0.717, 1.165) is 8.61 Å². The monoisotopic (exact) mass is 276 g/mol. The van der Waals surface area contributed by atoms with Gasteiger partial charge in [-0.1, -0.05) is 0 Å². The number of carbonyl (C=O) groups excluding carboxylic acids is 1. The fourth-order valence-electron chi connectivity index (χ4n) is 1.18. The van der Waals surface area contributed by atoms with Crippen LogP contribution in [0.5, 0.6) is 0 Å².